The van der Waals surface area contributed by atoms with Gasteiger partial charge in [-0.2, -0.15) is 0 Å². The number of aliphatic hydroxyl groups excluding tert-OH is 5. The second-order valence-corrected chi connectivity index (χ2v) is 10.9. The summed E-state index contributed by atoms with van der Waals surface area (Å²) in [5.74, 6) is -1.28. The predicted octanol–water partition coefficient (Wildman–Crippen LogP) is -3.53. The number of hydrogen-bond acceptors (Lipinski definition) is 12. The molecule has 2 heterocycles. The molecule has 2 rings (SSSR count). The smallest absolute Gasteiger partial charge is 0.220 e. The summed E-state index contributed by atoms with van der Waals surface area (Å²) < 4.78 is 22.9. The Labute approximate surface area is 227 Å². The molecule has 2 aliphatic heterocycles. The molecule has 0 aromatic carbocycles. The quantitative estimate of drug-likeness (QED) is 0.114. The highest BCUT2D eigenvalue weighted by Gasteiger charge is 2.51. The van der Waals surface area contributed by atoms with Crippen LogP contribution in [0, 0.1) is 5.41 Å². The molecule has 39 heavy (non-hydrogen) atoms. The average molecular weight is 566 g/mol. The van der Waals surface area contributed by atoms with Crippen LogP contribution in [0.1, 0.15) is 41.0 Å². The van der Waals surface area contributed by atoms with E-state index in [9.17, 15) is 39.9 Å². The molecule has 0 spiro atoms. The van der Waals surface area contributed by atoms with Crippen LogP contribution < -0.4 is 16.0 Å². The van der Waals surface area contributed by atoms with Gasteiger partial charge in [0.1, 0.15) is 48.7 Å². The molecule has 2 fully saturated rings. The first kappa shape index (κ1) is 33.3. The third-order valence-corrected chi connectivity index (χ3v) is 6.16. The van der Waals surface area contributed by atoms with Gasteiger partial charge in [-0.25, -0.2) is 0 Å². The summed E-state index contributed by atoms with van der Waals surface area (Å²) in [6, 6.07) is -2.50. The molecule has 0 bridgehead atoms. The first-order valence-corrected chi connectivity index (χ1v) is 12.8. The van der Waals surface area contributed by atoms with Crippen molar-refractivity contribution < 1.29 is 58.9 Å². The van der Waals surface area contributed by atoms with Crippen LogP contribution in [0.2, 0.25) is 0 Å². The fourth-order valence-corrected chi connectivity index (χ4v) is 4.42. The van der Waals surface area contributed by atoms with E-state index >= 15 is 0 Å². The molecule has 0 aromatic heterocycles. The molecule has 3 amide bonds. The zero-order valence-corrected chi connectivity index (χ0v) is 22.9. The lowest BCUT2D eigenvalue weighted by Gasteiger charge is -2.48. The van der Waals surface area contributed by atoms with Crippen LogP contribution in [0.4, 0.5) is 0 Å². The zero-order chi connectivity index (χ0) is 29.5. The van der Waals surface area contributed by atoms with Gasteiger partial charge in [0, 0.05) is 26.8 Å². The Balaban J connectivity index is 2.16. The zero-order valence-electron chi connectivity index (χ0n) is 22.9. The topological polar surface area (TPSA) is 225 Å². The first-order valence-electron chi connectivity index (χ1n) is 12.8. The van der Waals surface area contributed by atoms with Gasteiger partial charge >= 0.3 is 0 Å². The minimum atomic E-state index is -1.60. The Morgan fingerprint density at radius 2 is 1.36 bits per heavy atom. The van der Waals surface area contributed by atoms with E-state index < -0.39 is 86.3 Å². The van der Waals surface area contributed by atoms with Crippen LogP contribution >= 0.6 is 0 Å². The number of rotatable bonds is 11. The van der Waals surface area contributed by atoms with E-state index in [1.54, 1.807) is 0 Å². The van der Waals surface area contributed by atoms with Gasteiger partial charge in [0.05, 0.1) is 19.8 Å². The highest BCUT2D eigenvalue weighted by molar-refractivity contribution is 5.76. The Hall–Kier alpha value is -1.95. The number of carbonyl (C=O) groups excluding carboxylic acids is 3. The summed E-state index contributed by atoms with van der Waals surface area (Å²) in [6.07, 6.45) is -11.0. The first-order chi connectivity index (χ1) is 18.2. The minimum absolute atomic E-state index is 0.0361. The number of aliphatic hydroxyl groups is 5. The number of ether oxygens (including phenoxy) is 4. The van der Waals surface area contributed by atoms with Crippen molar-refractivity contribution in [1.82, 2.24) is 16.0 Å². The Kier molecular flexibility index (Phi) is 12.5. The highest BCUT2D eigenvalue weighted by atomic mass is 16.7. The van der Waals surface area contributed by atoms with E-state index in [2.05, 4.69) is 16.0 Å². The van der Waals surface area contributed by atoms with Gasteiger partial charge in [0.15, 0.2) is 12.6 Å². The number of amides is 3. The molecular weight excluding hydrogens is 522 g/mol. The number of carbonyl (C=O) groups is 3. The van der Waals surface area contributed by atoms with Crippen molar-refractivity contribution in [3.8, 4) is 0 Å². The Morgan fingerprint density at radius 1 is 0.821 bits per heavy atom. The van der Waals surface area contributed by atoms with E-state index in [1.165, 1.54) is 13.8 Å². The second kappa shape index (κ2) is 14.6. The van der Waals surface area contributed by atoms with Gasteiger partial charge in [0.25, 0.3) is 0 Å². The van der Waals surface area contributed by atoms with Crippen LogP contribution in [-0.4, -0.2) is 131 Å². The second-order valence-electron chi connectivity index (χ2n) is 10.9. The lowest BCUT2D eigenvalue weighted by Crippen LogP contribution is -2.69. The number of nitrogens with one attached hydrogen (secondary N) is 3. The monoisotopic (exact) mass is 565 g/mol. The van der Waals surface area contributed by atoms with E-state index in [0.717, 1.165) is 0 Å². The van der Waals surface area contributed by atoms with Crippen LogP contribution in [0.15, 0.2) is 0 Å². The summed E-state index contributed by atoms with van der Waals surface area (Å²) in [5, 5.41) is 59.1. The van der Waals surface area contributed by atoms with Crippen molar-refractivity contribution in [1.29, 1.82) is 0 Å². The molecule has 0 aromatic rings. The maximum Gasteiger partial charge on any atom is 0.220 e. The van der Waals surface area contributed by atoms with Crippen LogP contribution in [0.3, 0.4) is 0 Å². The van der Waals surface area contributed by atoms with E-state index in [-0.39, 0.29) is 24.5 Å². The Morgan fingerprint density at radius 3 is 1.87 bits per heavy atom. The minimum Gasteiger partial charge on any atom is -0.394 e. The van der Waals surface area contributed by atoms with E-state index in [4.69, 9.17) is 18.9 Å². The largest absolute Gasteiger partial charge is 0.394 e. The molecule has 15 heteroatoms. The standard InChI is InChI=1S/C24H43N3O12/c1-11(30)26-16-19(34)18(33)13(9-28)37-23(16)39-21-14(10-29)38-22(17(20(21)35)27-12(2)31)36-7-6-25-15(32)8-24(3,4)5/h13-14,16-23,28-29,33-35H,6-10H2,1-5H3,(H,25,32)(H,26,30)(H,27,31)/t13?,14?,16-,17-,18-,19?,20?,21+,22?,23?/m0/s1. The molecule has 0 radical (unpaired) electrons. The van der Waals surface area contributed by atoms with Crippen molar-refractivity contribution in [2.24, 2.45) is 5.41 Å². The molecule has 8 N–H and O–H groups in total. The highest BCUT2D eigenvalue weighted by Crippen LogP contribution is 2.29. The molecule has 226 valence electrons. The van der Waals surface area contributed by atoms with Crippen molar-refractivity contribution in [2.45, 2.75) is 102 Å². The van der Waals surface area contributed by atoms with Crippen LogP contribution in [-0.2, 0) is 33.3 Å². The molecule has 0 saturated carbocycles. The normalized spacial score (nSPS) is 35.2. The van der Waals surface area contributed by atoms with Gasteiger partial charge < -0.3 is 60.4 Å². The summed E-state index contributed by atoms with van der Waals surface area (Å²) in [5.41, 5.74) is -0.201. The van der Waals surface area contributed by atoms with Crippen molar-refractivity contribution in [3.63, 3.8) is 0 Å². The lowest BCUT2D eigenvalue weighted by atomic mass is 9.92. The summed E-state index contributed by atoms with van der Waals surface area (Å²) >= 11 is 0. The number of hydrogen-bond donors (Lipinski definition) is 8. The van der Waals surface area contributed by atoms with Crippen molar-refractivity contribution >= 4 is 17.7 Å². The third-order valence-electron chi connectivity index (χ3n) is 6.16. The van der Waals surface area contributed by atoms with Gasteiger partial charge in [-0.15, -0.1) is 0 Å². The molecule has 6 unspecified atom stereocenters. The summed E-state index contributed by atoms with van der Waals surface area (Å²) in [4.78, 5) is 35.7. The maximum atomic E-state index is 12.1. The maximum absolute atomic E-state index is 12.1. The summed E-state index contributed by atoms with van der Waals surface area (Å²) in [6.45, 7) is 6.90. The fourth-order valence-electron chi connectivity index (χ4n) is 4.42. The van der Waals surface area contributed by atoms with Gasteiger partial charge in [-0.1, -0.05) is 20.8 Å². The molecule has 0 aliphatic carbocycles. The van der Waals surface area contributed by atoms with E-state index in [1.807, 2.05) is 20.8 Å². The lowest BCUT2D eigenvalue weighted by molar-refractivity contribution is -0.332. The molecule has 15 nitrogen and oxygen atoms in total. The van der Waals surface area contributed by atoms with Crippen molar-refractivity contribution in [2.75, 3.05) is 26.4 Å². The fraction of sp³-hybridized carbons (Fsp3) is 0.875. The summed E-state index contributed by atoms with van der Waals surface area (Å²) in [7, 11) is 0. The average Bonchev–Trinajstić information content (AvgIpc) is 2.83. The van der Waals surface area contributed by atoms with Gasteiger partial charge in [-0.05, 0) is 5.41 Å². The molecular formula is C24H43N3O12. The molecule has 10 atom stereocenters. The Bertz CT molecular complexity index is 825. The predicted molar refractivity (Wildman–Crippen MR) is 133 cm³/mol. The van der Waals surface area contributed by atoms with Crippen molar-refractivity contribution in [3.05, 3.63) is 0 Å². The molecule has 2 aliphatic rings. The molecule has 2 saturated heterocycles. The van der Waals surface area contributed by atoms with Crippen LogP contribution in [0.25, 0.3) is 0 Å². The SMILES string of the molecule is CC(=O)N[C@@H]1C(O[C@@H]2C(CO)OC(OCCNC(=O)CC(C)(C)C)[C@@H](NC(C)=O)C2O)OC(CO)[C@H](O)C1O. The van der Waals surface area contributed by atoms with Gasteiger partial charge in [0.2, 0.25) is 17.7 Å². The van der Waals surface area contributed by atoms with Crippen LogP contribution in [0.5, 0.6) is 0 Å². The van der Waals surface area contributed by atoms with E-state index in [0.29, 0.717) is 6.42 Å². The third kappa shape index (κ3) is 9.58. The van der Waals surface area contributed by atoms with Gasteiger partial charge in [-0.3, -0.25) is 14.4 Å².